The van der Waals surface area contributed by atoms with E-state index in [1.807, 2.05) is 30.3 Å². The third-order valence-electron chi connectivity index (χ3n) is 4.30. The van der Waals surface area contributed by atoms with E-state index in [2.05, 4.69) is 10.3 Å². The van der Waals surface area contributed by atoms with Crippen LogP contribution >= 0.6 is 0 Å². The van der Waals surface area contributed by atoms with Crippen LogP contribution in [-0.4, -0.2) is 31.2 Å². The maximum Gasteiger partial charge on any atom is 0.416 e. The van der Waals surface area contributed by atoms with Gasteiger partial charge in [-0.1, -0.05) is 30.3 Å². The molecule has 3 aromatic rings. The van der Waals surface area contributed by atoms with Crippen LogP contribution in [0.5, 0.6) is 5.75 Å². The Morgan fingerprint density at radius 3 is 2.61 bits per heavy atom. The Morgan fingerprint density at radius 1 is 1.13 bits per heavy atom. The lowest BCUT2D eigenvalue weighted by Gasteiger charge is -2.15. The molecule has 0 bridgehead atoms. The number of carbonyl (C=O) groups is 1. The second-order valence-electron chi connectivity index (χ2n) is 6.58. The number of nitrogens with one attached hydrogen (secondary N) is 1. The molecule has 0 fully saturated rings. The maximum absolute atomic E-state index is 13.1. The van der Waals surface area contributed by atoms with Crippen molar-refractivity contribution in [3.05, 3.63) is 66.2 Å². The van der Waals surface area contributed by atoms with Crippen molar-refractivity contribution in [1.29, 1.82) is 0 Å². The first kappa shape index (κ1) is 22.4. The molecule has 0 aliphatic carbocycles. The normalized spacial score (nSPS) is 11.4. The molecule has 0 aliphatic heterocycles. The fourth-order valence-electron chi connectivity index (χ4n) is 2.76. The third kappa shape index (κ3) is 6.32. The minimum absolute atomic E-state index is 0.0253. The molecule has 0 unspecified atom stereocenters. The van der Waals surface area contributed by atoms with Gasteiger partial charge in [0.05, 0.1) is 24.1 Å². The zero-order valence-corrected chi connectivity index (χ0v) is 16.7. The molecule has 164 valence electrons. The molecule has 3 rings (SSSR count). The number of hydrogen-bond acceptors (Lipinski definition) is 5. The van der Waals surface area contributed by atoms with Crippen molar-refractivity contribution in [3.63, 3.8) is 0 Å². The number of halogens is 3. The van der Waals surface area contributed by atoms with E-state index in [0.717, 1.165) is 17.7 Å². The summed E-state index contributed by atoms with van der Waals surface area (Å²) in [6.07, 6.45) is -2.81. The quantitative estimate of drug-likeness (QED) is 0.482. The van der Waals surface area contributed by atoms with Crippen molar-refractivity contribution in [2.75, 3.05) is 25.6 Å². The summed E-state index contributed by atoms with van der Waals surface area (Å²) in [5.41, 5.74) is -0.0945. The summed E-state index contributed by atoms with van der Waals surface area (Å²) < 4.78 is 55.1. The van der Waals surface area contributed by atoms with Gasteiger partial charge < -0.3 is 19.2 Å². The molecule has 31 heavy (non-hydrogen) atoms. The highest BCUT2D eigenvalue weighted by atomic mass is 19.4. The van der Waals surface area contributed by atoms with E-state index in [9.17, 15) is 18.0 Å². The van der Waals surface area contributed by atoms with Gasteiger partial charge in [-0.2, -0.15) is 13.2 Å². The molecular weight excluding hydrogens is 413 g/mol. The Balaban J connectivity index is 1.65. The predicted molar refractivity (Wildman–Crippen MR) is 108 cm³/mol. The van der Waals surface area contributed by atoms with E-state index in [1.165, 1.54) is 13.2 Å². The topological polar surface area (TPSA) is 73.6 Å². The first-order valence-corrected chi connectivity index (χ1v) is 9.50. The average Bonchev–Trinajstić information content (AvgIpc) is 3.22. The zero-order valence-electron chi connectivity index (χ0n) is 16.7. The summed E-state index contributed by atoms with van der Waals surface area (Å²) in [4.78, 5) is 16.5. The van der Waals surface area contributed by atoms with E-state index in [4.69, 9.17) is 13.9 Å². The second kappa shape index (κ2) is 10.1. The van der Waals surface area contributed by atoms with E-state index < -0.39 is 17.6 Å². The largest absolute Gasteiger partial charge is 0.489 e. The van der Waals surface area contributed by atoms with Crippen molar-refractivity contribution < 1.29 is 31.9 Å². The summed E-state index contributed by atoms with van der Waals surface area (Å²) in [6, 6.07) is 12.3. The molecule has 0 spiro atoms. The lowest BCUT2D eigenvalue weighted by Crippen LogP contribution is -2.15. The van der Waals surface area contributed by atoms with Crippen LogP contribution in [0.3, 0.4) is 0 Å². The number of aromatic nitrogens is 1. The van der Waals surface area contributed by atoms with E-state index in [0.29, 0.717) is 11.7 Å². The first-order chi connectivity index (χ1) is 14.9. The van der Waals surface area contributed by atoms with Crippen LogP contribution in [0.15, 0.2) is 59.1 Å². The van der Waals surface area contributed by atoms with Crippen LogP contribution in [-0.2, 0) is 22.1 Å². The molecule has 0 atom stereocenters. The molecule has 9 heteroatoms. The smallest absolute Gasteiger partial charge is 0.416 e. The minimum Gasteiger partial charge on any atom is -0.489 e. The predicted octanol–water partition coefficient (Wildman–Crippen LogP) is 4.96. The van der Waals surface area contributed by atoms with Gasteiger partial charge in [-0.25, -0.2) is 4.98 Å². The van der Waals surface area contributed by atoms with Crippen LogP contribution in [0.2, 0.25) is 0 Å². The molecule has 2 aromatic carbocycles. The Morgan fingerprint density at radius 2 is 1.90 bits per heavy atom. The fourth-order valence-corrected chi connectivity index (χ4v) is 2.76. The number of hydrogen-bond donors (Lipinski definition) is 1. The number of methoxy groups -OCH3 is 1. The minimum atomic E-state index is -4.55. The Kier molecular flexibility index (Phi) is 7.30. The summed E-state index contributed by atoms with van der Waals surface area (Å²) >= 11 is 0. The summed E-state index contributed by atoms with van der Waals surface area (Å²) in [6.45, 7) is 0.381. The number of amides is 1. The van der Waals surface area contributed by atoms with Crippen LogP contribution in [0.4, 0.5) is 18.9 Å². The Bertz CT molecular complexity index is 1000. The molecule has 1 amide bonds. The van der Waals surface area contributed by atoms with Gasteiger partial charge in [0.2, 0.25) is 5.91 Å². The monoisotopic (exact) mass is 434 g/mol. The molecule has 1 N–H and O–H groups in total. The number of nitrogens with zero attached hydrogens (tertiary/aromatic N) is 1. The van der Waals surface area contributed by atoms with E-state index in [1.54, 1.807) is 6.20 Å². The molecule has 6 nitrogen and oxygen atoms in total. The molecule has 0 radical (unpaired) electrons. The van der Waals surface area contributed by atoms with Crippen molar-refractivity contribution in [2.24, 2.45) is 0 Å². The van der Waals surface area contributed by atoms with Crippen molar-refractivity contribution in [3.8, 4) is 17.1 Å². The lowest BCUT2D eigenvalue weighted by molar-refractivity contribution is -0.137. The summed E-state index contributed by atoms with van der Waals surface area (Å²) in [5, 5.41) is 2.48. The zero-order chi connectivity index (χ0) is 22.3. The average molecular weight is 434 g/mol. The molecule has 1 heterocycles. The van der Waals surface area contributed by atoms with E-state index in [-0.39, 0.29) is 37.5 Å². The lowest BCUT2D eigenvalue weighted by atomic mass is 10.1. The number of oxazole rings is 1. The van der Waals surface area contributed by atoms with Gasteiger partial charge >= 0.3 is 6.18 Å². The number of anilines is 1. The number of aryl methyl sites for hydroxylation is 1. The van der Waals surface area contributed by atoms with Gasteiger partial charge in [0, 0.05) is 25.5 Å². The second-order valence-corrected chi connectivity index (χ2v) is 6.58. The Hall–Kier alpha value is -3.33. The molecule has 0 saturated heterocycles. The highest BCUT2D eigenvalue weighted by Crippen LogP contribution is 2.35. The van der Waals surface area contributed by atoms with Crippen molar-refractivity contribution in [1.82, 2.24) is 4.98 Å². The number of alkyl halides is 3. The van der Waals surface area contributed by atoms with Gasteiger partial charge in [-0.3, -0.25) is 4.79 Å². The van der Waals surface area contributed by atoms with Gasteiger partial charge in [0.15, 0.2) is 11.7 Å². The van der Waals surface area contributed by atoms with Crippen LogP contribution in [0.25, 0.3) is 11.3 Å². The number of rotatable bonds is 9. The first-order valence-electron chi connectivity index (χ1n) is 9.50. The number of carbonyl (C=O) groups excluding carboxylic acids is 1. The van der Waals surface area contributed by atoms with Gasteiger partial charge in [0.25, 0.3) is 0 Å². The molecular formula is C22H21F3N2O4. The Labute approximate surface area is 177 Å². The highest BCUT2D eigenvalue weighted by molar-refractivity contribution is 5.92. The molecule has 0 saturated carbocycles. The van der Waals surface area contributed by atoms with Crippen LogP contribution < -0.4 is 10.1 Å². The maximum atomic E-state index is 13.1. The molecule has 1 aromatic heterocycles. The number of ether oxygens (including phenoxy) is 2. The number of benzene rings is 2. The summed E-state index contributed by atoms with van der Waals surface area (Å²) in [5.74, 6) is 0.564. The molecule has 0 aliphatic rings. The fraction of sp³-hybridized carbons (Fsp3) is 0.273. The van der Waals surface area contributed by atoms with E-state index >= 15 is 0 Å². The van der Waals surface area contributed by atoms with Gasteiger partial charge in [0.1, 0.15) is 12.4 Å². The highest BCUT2D eigenvalue weighted by Gasteiger charge is 2.31. The van der Waals surface area contributed by atoms with Crippen LogP contribution in [0, 0.1) is 0 Å². The van der Waals surface area contributed by atoms with Gasteiger partial charge in [-0.15, -0.1) is 0 Å². The summed E-state index contributed by atoms with van der Waals surface area (Å²) in [7, 11) is 1.48. The third-order valence-corrected chi connectivity index (χ3v) is 4.30. The SMILES string of the molecule is COCCOc1ccc(C(F)(F)F)cc1NC(=O)CCc1ncc(-c2ccccc2)o1. The van der Waals surface area contributed by atoms with Crippen LogP contribution in [0.1, 0.15) is 17.9 Å². The van der Waals surface area contributed by atoms with Crippen molar-refractivity contribution in [2.45, 2.75) is 19.0 Å². The standard InChI is InChI=1S/C22H21F3N2O4/c1-29-11-12-30-18-8-7-16(22(23,24)25)13-17(18)27-20(28)9-10-21-26-14-19(31-21)15-5-3-2-4-6-15/h2-8,13-14H,9-12H2,1H3,(H,27,28). The van der Waals surface area contributed by atoms with Crippen molar-refractivity contribution >= 4 is 11.6 Å². The van der Waals surface area contributed by atoms with Gasteiger partial charge in [-0.05, 0) is 18.2 Å².